The number of benzene rings is 1. The molecule has 3 atom stereocenters. The highest BCUT2D eigenvalue weighted by Gasteiger charge is 2.41. The van der Waals surface area contributed by atoms with Gasteiger partial charge in [-0.1, -0.05) is 25.1 Å². The van der Waals surface area contributed by atoms with E-state index in [4.69, 9.17) is 9.84 Å². The molecule has 3 fully saturated rings. The normalized spacial score (nSPS) is 29.5. The highest BCUT2D eigenvalue weighted by Crippen LogP contribution is 2.38. The molecule has 2 aromatic rings. The monoisotopic (exact) mass is 367 g/mol. The van der Waals surface area contributed by atoms with E-state index in [1.165, 1.54) is 56.0 Å². The number of fused-ring (bicyclic) bond motifs is 3. The number of ether oxygens (including phenoxy) is 1. The summed E-state index contributed by atoms with van der Waals surface area (Å²) in [6.07, 6.45) is 8.54. The Labute approximate surface area is 162 Å². The number of piperidine rings is 1. The second kappa shape index (κ2) is 7.21. The molecule has 1 aromatic heterocycles. The summed E-state index contributed by atoms with van der Waals surface area (Å²) < 4.78 is 8.47. The fraction of sp³-hybridized carbons (Fsp3) is 0.696. The lowest BCUT2D eigenvalue weighted by Gasteiger charge is -2.40. The molecule has 146 valence electrons. The van der Waals surface area contributed by atoms with Crippen LogP contribution in [0.3, 0.4) is 0 Å². The molecule has 2 bridgehead atoms. The van der Waals surface area contributed by atoms with E-state index in [0.717, 1.165) is 36.8 Å². The van der Waals surface area contributed by atoms with Crippen molar-refractivity contribution in [3.63, 3.8) is 0 Å². The van der Waals surface area contributed by atoms with Gasteiger partial charge >= 0.3 is 0 Å². The average Bonchev–Trinajstić information content (AvgIpc) is 3.41. The zero-order chi connectivity index (χ0) is 18.4. The summed E-state index contributed by atoms with van der Waals surface area (Å²) >= 11 is 0. The molecule has 27 heavy (non-hydrogen) atoms. The third-order valence-corrected chi connectivity index (χ3v) is 6.96. The Hall–Kier alpha value is -1.39. The number of hydrogen-bond acceptors (Lipinski definition) is 3. The average molecular weight is 368 g/mol. The Morgan fingerprint density at radius 1 is 1.07 bits per heavy atom. The summed E-state index contributed by atoms with van der Waals surface area (Å²) in [6, 6.07) is 10.1. The lowest BCUT2D eigenvalue weighted by atomic mass is 9.98. The van der Waals surface area contributed by atoms with Crippen LogP contribution < -0.4 is 0 Å². The summed E-state index contributed by atoms with van der Waals surface area (Å²) in [5.74, 6) is 1.49. The van der Waals surface area contributed by atoms with Crippen molar-refractivity contribution in [3.8, 4) is 0 Å². The summed E-state index contributed by atoms with van der Waals surface area (Å²) in [5.41, 5.74) is 2.42. The lowest BCUT2D eigenvalue weighted by Crippen LogP contribution is -2.47. The Morgan fingerprint density at radius 3 is 2.56 bits per heavy atom. The fourth-order valence-corrected chi connectivity index (χ4v) is 5.36. The number of aromatic nitrogens is 2. The Morgan fingerprint density at radius 2 is 1.81 bits per heavy atom. The van der Waals surface area contributed by atoms with Crippen molar-refractivity contribution in [3.05, 3.63) is 30.0 Å². The van der Waals surface area contributed by atoms with Crippen molar-refractivity contribution in [2.45, 2.75) is 77.1 Å². The molecular weight excluding hydrogens is 334 g/mol. The topological polar surface area (TPSA) is 30.3 Å². The second-order valence-corrected chi connectivity index (χ2v) is 9.34. The minimum Gasteiger partial charge on any atom is -0.378 e. The minimum absolute atomic E-state index is 0.521. The van der Waals surface area contributed by atoms with Gasteiger partial charge in [-0.15, -0.1) is 0 Å². The molecule has 3 unspecified atom stereocenters. The van der Waals surface area contributed by atoms with Crippen molar-refractivity contribution >= 4 is 10.9 Å². The highest BCUT2D eigenvalue weighted by atomic mass is 16.5. The van der Waals surface area contributed by atoms with Gasteiger partial charge < -0.3 is 4.74 Å². The molecule has 0 amide bonds. The van der Waals surface area contributed by atoms with Gasteiger partial charge in [0, 0.05) is 37.2 Å². The van der Waals surface area contributed by atoms with Gasteiger partial charge in [-0.3, -0.25) is 9.58 Å². The van der Waals surface area contributed by atoms with Gasteiger partial charge in [0.1, 0.15) is 0 Å². The van der Waals surface area contributed by atoms with Crippen LogP contribution in [0.2, 0.25) is 0 Å². The van der Waals surface area contributed by atoms with Gasteiger partial charge in [0.25, 0.3) is 0 Å². The van der Waals surface area contributed by atoms with E-state index in [1.54, 1.807) is 0 Å². The largest absolute Gasteiger partial charge is 0.378 e. The van der Waals surface area contributed by atoms with Gasteiger partial charge in [-0.2, -0.15) is 5.10 Å². The molecule has 5 rings (SSSR count). The van der Waals surface area contributed by atoms with Gasteiger partial charge in [0.05, 0.1) is 17.3 Å². The van der Waals surface area contributed by atoms with E-state index in [9.17, 15) is 0 Å². The Bertz CT molecular complexity index is 782. The van der Waals surface area contributed by atoms with Crippen LogP contribution in [0.5, 0.6) is 0 Å². The quantitative estimate of drug-likeness (QED) is 0.726. The molecule has 3 heterocycles. The number of hydrogen-bond donors (Lipinski definition) is 0. The molecule has 4 nitrogen and oxygen atoms in total. The van der Waals surface area contributed by atoms with Crippen LogP contribution in [0.1, 0.15) is 51.1 Å². The van der Waals surface area contributed by atoms with E-state index in [2.05, 4.69) is 47.7 Å². The van der Waals surface area contributed by atoms with Crippen LogP contribution in [0.25, 0.3) is 10.9 Å². The van der Waals surface area contributed by atoms with Crippen molar-refractivity contribution in [1.29, 1.82) is 0 Å². The Balaban J connectivity index is 1.20. The number of para-hydroxylation sites is 1. The zero-order valence-electron chi connectivity index (χ0n) is 16.8. The van der Waals surface area contributed by atoms with Crippen LogP contribution in [-0.2, 0) is 11.3 Å². The smallest absolute Gasteiger partial charge is 0.0685 e. The van der Waals surface area contributed by atoms with Crippen LogP contribution >= 0.6 is 0 Å². The molecule has 3 aliphatic rings. The zero-order valence-corrected chi connectivity index (χ0v) is 16.8. The predicted octanol–water partition coefficient (Wildman–Crippen LogP) is 4.40. The SMILES string of the molecule is Cc1nn(CC(C)CN2C3CCC2CC(OCC2CC2)C3)c2ccccc12. The second-order valence-electron chi connectivity index (χ2n) is 9.34. The maximum Gasteiger partial charge on any atom is 0.0685 e. The summed E-state index contributed by atoms with van der Waals surface area (Å²) in [7, 11) is 0. The van der Waals surface area contributed by atoms with E-state index in [-0.39, 0.29) is 0 Å². The molecule has 1 aliphatic carbocycles. The maximum atomic E-state index is 6.25. The van der Waals surface area contributed by atoms with Gasteiger partial charge in [-0.05, 0) is 63.4 Å². The van der Waals surface area contributed by atoms with Crippen molar-refractivity contribution < 1.29 is 4.74 Å². The van der Waals surface area contributed by atoms with E-state index in [1.807, 2.05) is 0 Å². The first kappa shape index (κ1) is 17.7. The number of nitrogens with zero attached hydrogens (tertiary/aromatic N) is 3. The number of aryl methyl sites for hydroxylation is 1. The van der Waals surface area contributed by atoms with Gasteiger partial charge in [0.2, 0.25) is 0 Å². The predicted molar refractivity (Wildman–Crippen MR) is 109 cm³/mol. The summed E-state index contributed by atoms with van der Waals surface area (Å²) in [5, 5.41) is 6.10. The van der Waals surface area contributed by atoms with Gasteiger partial charge in [0.15, 0.2) is 0 Å². The number of rotatable bonds is 7. The standard InChI is InChI=1S/C23H33N3O/c1-16(14-26-23-6-4-3-5-22(23)17(2)24-26)13-25-19-9-10-20(25)12-21(11-19)27-15-18-7-8-18/h3-6,16,18-21H,7-15H2,1-2H3. The maximum absolute atomic E-state index is 6.25. The molecule has 0 radical (unpaired) electrons. The van der Waals surface area contributed by atoms with Crippen LogP contribution in [-0.4, -0.2) is 46.0 Å². The first-order valence-electron chi connectivity index (χ1n) is 11.0. The van der Waals surface area contributed by atoms with Crippen LogP contribution in [0.4, 0.5) is 0 Å². The van der Waals surface area contributed by atoms with Crippen LogP contribution in [0.15, 0.2) is 24.3 Å². The molecule has 1 saturated carbocycles. The molecule has 4 heteroatoms. The van der Waals surface area contributed by atoms with Gasteiger partial charge in [-0.25, -0.2) is 0 Å². The summed E-state index contributed by atoms with van der Waals surface area (Å²) in [4.78, 5) is 2.81. The molecule has 2 aliphatic heterocycles. The molecular formula is C23H33N3O. The molecule has 0 N–H and O–H groups in total. The Kier molecular flexibility index (Phi) is 4.73. The molecule has 1 aromatic carbocycles. The first-order chi connectivity index (χ1) is 13.2. The molecule has 2 saturated heterocycles. The van der Waals surface area contributed by atoms with Crippen molar-refractivity contribution in [1.82, 2.24) is 14.7 Å². The first-order valence-corrected chi connectivity index (χ1v) is 11.0. The van der Waals surface area contributed by atoms with E-state index in [0.29, 0.717) is 12.0 Å². The lowest BCUT2D eigenvalue weighted by molar-refractivity contribution is -0.0276. The molecule has 0 spiro atoms. The van der Waals surface area contributed by atoms with Crippen molar-refractivity contribution in [2.24, 2.45) is 11.8 Å². The van der Waals surface area contributed by atoms with Crippen molar-refractivity contribution in [2.75, 3.05) is 13.2 Å². The van der Waals surface area contributed by atoms with E-state index < -0.39 is 0 Å². The summed E-state index contributed by atoms with van der Waals surface area (Å²) in [6.45, 7) is 7.73. The van der Waals surface area contributed by atoms with E-state index >= 15 is 0 Å². The highest BCUT2D eigenvalue weighted by molar-refractivity contribution is 5.81. The third kappa shape index (κ3) is 3.66. The van der Waals surface area contributed by atoms with Crippen LogP contribution in [0, 0.1) is 18.8 Å². The minimum atomic E-state index is 0.521. The fourth-order valence-electron chi connectivity index (χ4n) is 5.36. The third-order valence-electron chi connectivity index (χ3n) is 6.96.